The highest BCUT2D eigenvalue weighted by Gasteiger charge is 2.48. The van der Waals surface area contributed by atoms with Crippen molar-refractivity contribution in [1.82, 2.24) is 40.0 Å². The van der Waals surface area contributed by atoms with Crippen molar-refractivity contribution in [3.63, 3.8) is 0 Å². The number of H-pyrrole nitrogens is 2. The van der Waals surface area contributed by atoms with E-state index in [1.807, 2.05) is 32.3 Å². The van der Waals surface area contributed by atoms with Gasteiger partial charge in [0, 0.05) is 30.7 Å². The maximum Gasteiger partial charge on any atom is 0.405 e. The molecule has 0 radical (unpaired) electrons. The van der Waals surface area contributed by atoms with Gasteiger partial charge >= 0.3 is 6.09 Å². The van der Waals surface area contributed by atoms with Crippen LogP contribution in [0, 0.1) is 5.92 Å². The topological polar surface area (TPSA) is 151 Å². The molecule has 318 valence electrons. The zero-order valence-electron chi connectivity index (χ0n) is 35.3. The summed E-state index contributed by atoms with van der Waals surface area (Å²) in [5, 5.41) is 14.0. The van der Waals surface area contributed by atoms with Gasteiger partial charge in [-0.05, 0) is 102 Å². The van der Waals surface area contributed by atoms with Gasteiger partial charge in [0.15, 0.2) is 0 Å². The van der Waals surface area contributed by atoms with Crippen LogP contribution in [0.4, 0.5) is 4.79 Å². The molecule has 12 heteroatoms. The highest BCUT2D eigenvalue weighted by Crippen LogP contribution is 2.45. The van der Waals surface area contributed by atoms with Gasteiger partial charge in [-0.25, -0.2) is 14.8 Å². The van der Waals surface area contributed by atoms with E-state index in [1.165, 1.54) is 25.7 Å². The number of aromatic amines is 2. The largest absolute Gasteiger partial charge is 0.465 e. The van der Waals surface area contributed by atoms with E-state index < -0.39 is 12.1 Å². The highest BCUT2D eigenvalue weighted by molar-refractivity contribution is 5.91. The lowest BCUT2D eigenvalue weighted by Crippen LogP contribution is -2.50. The normalized spacial score (nSPS) is 20.0. The Kier molecular flexibility index (Phi) is 10.6. The van der Waals surface area contributed by atoms with E-state index in [9.17, 15) is 19.5 Å². The molecule has 4 atom stereocenters. The van der Waals surface area contributed by atoms with E-state index in [0.29, 0.717) is 24.5 Å². The Labute approximate surface area is 361 Å². The van der Waals surface area contributed by atoms with E-state index in [1.54, 1.807) is 4.90 Å². The fourth-order valence-electron chi connectivity index (χ4n) is 9.89. The second-order valence-corrected chi connectivity index (χ2v) is 18.0. The molecule has 2 aromatic heterocycles. The molecule has 2 aliphatic heterocycles. The van der Waals surface area contributed by atoms with Gasteiger partial charge in [0.25, 0.3) is 0 Å². The molecule has 4 N–H and O–H groups in total. The molecule has 4 aromatic carbocycles. The van der Waals surface area contributed by atoms with E-state index in [0.717, 1.165) is 88.0 Å². The van der Waals surface area contributed by atoms with Crippen LogP contribution in [0.2, 0.25) is 0 Å². The summed E-state index contributed by atoms with van der Waals surface area (Å²) in [6, 6.07) is 31.5. The third-order valence-electron chi connectivity index (χ3n) is 13.4. The number of hydrogen-bond acceptors (Lipinski definition) is 6. The molecule has 12 nitrogen and oxygen atoms in total. The van der Waals surface area contributed by atoms with Crippen LogP contribution in [0.25, 0.3) is 44.4 Å². The Balaban J connectivity index is 0.822. The summed E-state index contributed by atoms with van der Waals surface area (Å²) >= 11 is 0. The van der Waals surface area contributed by atoms with Crippen LogP contribution in [-0.2, 0) is 9.59 Å². The van der Waals surface area contributed by atoms with E-state index in [2.05, 4.69) is 110 Å². The number of imidazole rings is 2. The molecular formula is C50H54N8O4. The van der Waals surface area contributed by atoms with Gasteiger partial charge in [0.1, 0.15) is 23.7 Å². The van der Waals surface area contributed by atoms with E-state index in [-0.39, 0.29) is 35.9 Å². The second-order valence-electron chi connectivity index (χ2n) is 18.0. The number of nitrogens with zero attached hydrogens (tertiary/aromatic N) is 5. The molecule has 3 amide bonds. The van der Waals surface area contributed by atoms with Crippen molar-refractivity contribution >= 4 is 28.7 Å². The van der Waals surface area contributed by atoms with Crippen LogP contribution in [0.15, 0.2) is 103 Å². The molecule has 0 spiro atoms. The fourth-order valence-corrected chi connectivity index (χ4v) is 9.89. The first kappa shape index (κ1) is 39.8. The molecule has 62 heavy (non-hydrogen) atoms. The Hall–Kier alpha value is -6.27. The van der Waals surface area contributed by atoms with Crippen LogP contribution in [0.3, 0.4) is 0 Å². The maximum atomic E-state index is 14.6. The quantitative estimate of drug-likeness (QED) is 0.0906. The van der Waals surface area contributed by atoms with Crippen molar-refractivity contribution in [2.75, 3.05) is 13.1 Å². The molecule has 0 bridgehead atoms. The maximum absolute atomic E-state index is 14.6. The van der Waals surface area contributed by atoms with Crippen LogP contribution >= 0.6 is 0 Å². The lowest BCUT2D eigenvalue weighted by Gasteiger charge is -2.35. The van der Waals surface area contributed by atoms with Gasteiger partial charge in [0.2, 0.25) is 11.8 Å². The average Bonchev–Trinajstić information content (AvgIpc) is 3.99. The van der Waals surface area contributed by atoms with Crippen LogP contribution in [0.1, 0.15) is 101 Å². The summed E-state index contributed by atoms with van der Waals surface area (Å²) in [6.45, 7) is 5.00. The molecule has 2 saturated heterocycles. The van der Waals surface area contributed by atoms with E-state index >= 15 is 0 Å². The van der Waals surface area contributed by atoms with Gasteiger partial charge in [0.05, 0.1) is 35.9 Å². The van der Waals surface area contributed by atoms with Crippen molar-refractivity contribution in [2.45, 2.75) is 101 Å². The number of likely N-dealkylation sites (tertiary alicyclic amines) is 2. The number of amides is 3. The standard InChI is InChI=1S/C50H54N8O4/c1-30(2)44(55-50(61)62)48(59)56-24-6-10-42(56)46-52-29-41(54-46)37-19-18-35-26-34(16-17-36(35)27-37)31-12-14-32(15-13-31)40-28-51-47(53-40)43-11-7-25-57(43)49(60)45(33-8-4-3-5-9-33)58(38-20-21-38)39-22-23-39/h3-5,8-9,12-19,26-30,38-39,42-45,55H,6-7,10-11,20-25H2,1-2H3,(H,51,53)(H,52,54)(H,61,62). The number of nitrogens with one attached hydrogen (secondary N) is 3. The molecule has 6 aromatic rings. The van der Waals surface area contributed by atoms with Crippen LogP contribution in [0.5, 0.6) is 0 Å². The Morgan fingerprint density at radius 2 is 1.18 bits per heavy atom. The first-order chi connectivity index (χ1) is 30.2. The van der Waals surface area contributed by atoms with Gasteiger partial charge in [-0.15, -0.1) is 0 Å². The van der Waals surface area contributed by atoms with Crippen molar-refractivity contribution in [3.8, 4) is 33.6 Å². The second kappa shape index (κ2) is 16.5. The average molecular weight is 831 g/mol. The molecule has 2 saturated carbocycles. The summed E-state index contributed by atoms with van der Waals surface area (Å²) < 4.78 is 0. The van der Waals surface area contributed by atoms with Crippen molar-refractivity contribution in [3.05, 3.63) is 121 Å². The first-order valence-corrected chi connectivity index (χ1v) is 22.4. The summed E-state index contributed by atoms with van der Waals surface area (Å²) in [6.07, 6.45) is 10.7. The fraction of sp³-hybridized carbons (Fsp3) is 0.380. The number of fused-ring (bicyclic) bond motifs is 1. The predicted molar refractivity (Wildman–Crippen MR) is 239 cm³/mol. The third-order valence-corrected chi connectivity index (χ3v) is 13.4. The van der Waals surface area contributed by atoms with Gasteiger partial charge in [-0.2, -0.15) is 0 Å². The number of rotatable bonds is 13. The van der Waals surface area contributed by atoms with Gasteiger partial charge in [-0.1, -0.05) is 92.7 Å². The number of carbonyl (C=O) groups is 3. The molecule has 2 aliphatic carbocycles. The highest BCUT2D eigenvalue weighted by atomic mass is 16.4. The zero-order valence-corrected chi connectivity index (χ0v) is 35.3. The molecule has 4 unspecified atom stereocenters. The number of hydrogen-bond donors (Lipinski definition) is 4. The van der Waals surface area contributed by atoms with Gasteiger partial charge in [-0.3, -0.25) is 14.5 Å². The SMILES string of the molecule is CC(C)C(NC(=O)O)C(=O)N1CCCC1c1ncc(-c2ccc3cc(-c4ccc(-c5cnc(C6CCCN6C(=O)C(c6ccccc6)N(C6CC6)C6CC6)[nH]5)cc4)ccc3c2)[nH]1. The van der Waals surface area contributed by atoms with E-state index in [4.69, 9.17) is 9.97 Å². The molecule has 4 fully saturated rings. The summed E-state index contributed by atoms with van der Waals surface area (Å²) in [4.78, 5) is 62.5. The van der Waals surface area contributed by atoms with Crippen LogP contribution < -0.4 is 5.32 Å². The van der Waals surface area contributed by atoms with Gasteiger partial charge < -0.3 is 30.2 Å². The Bertz CT molecular complexity index is 2580. The van der Waals surface area contributed by atoms with Crippen LogP contribution in [-0.4, -0.2) is 88.9 Å². The Morgan fingerprint density at radius 1 is 0.661 bits per heavy atom. The monoisotopic (exact) mass is 830 g/mol. The predicted octanol–water partition coefficient (Wildman–Crippen LogP) is 9.27. The molecule has 4 heterocycles. The first-order valence-electron chi connectivity index (χ1n) is 22.4. The number of carbonyl (C=O) groups excluding carboxylic acids is 2. The molecule has 4 aliphatic rings. The minimum atomic E-state index is -1.20. The van der Waals surface area contributed by atoms with Crippen molar-refractivity contribution < 1.29 is 19.5 Å². The zero-order chi connectivity index (χ0) is 42.5. The number of carboxylic acid groups (broad SMARTS) is 1. The summed E-state index contributed by atoms with van der Waals surface area (Å²) in [7, 11) is 0. The minimum absolute atomic E-state index is 0.0731. The lowest BCUT2D eigenvalue weighted by molar-refractivity contribution is -0.139. The molecule has 10 rings (SSSR count). The number of aromatic nitrogens is 4. The van der Waals surface area contributed by atoms with Crippen molar-refractivity contribution in [1.29, 1.82) is 0 Å². The minimum Gasteiger partial charge on any atom is -0.465 e. The lowest BCUT2D eigenvalue weighted by atomic mass is 9.98. The summed E-state index contributed by atoms with van der Waals surface area (Å²) in [5.41, 5.74) is 7.18. The number of benzene rings is 4. The smallest absolute Gasteiger partial charge is 0.405 e. The molecular weight excluding hydrogens is 777 g/mol. The summed E-state index contributed by atoms with van der Waals surface area (Å²) in [5.74, 6) is 1.37. The Morgan fingerprint density at radius 3 is 1.74 bits per heavy atom. The van der Waals surface area contributed by atoms with Crippen molar-refractivity contribution in [2.24, 2.45) is 5.92 Å². The third kappa shape index (κ3) is 7.88.